The largest absolute Gasteiger partial charge is 0.423 e. The summed E-state index contributed by atoms with van der Waals surface area (Å²) in [7, 11) is 0. The number of benzene rings is 1. The second-order valence-electron chi connectivity index (χ2n) is 5.41. The molecular weight excluding hydrogens is 306 g/mol. The minimum Gasteiger partial charge on any atom is -0.423 e. The zero-order valence-electron chi connectivity index (χ0n) is 12.0. The summed E-state index contributed by atoms with van der Waals surface area (Å²) in [6.45, 7) is -0.525. The fraction of sp³-hybridized carbons (Fsp3) is 0.400. The van der Waals surface area contributed by atoms with Crippen molar-refractivity contribution in [2.24, 2.45) is 0 Å². The Labute approximate surface area is 130 Å². The van der Waals surface area contributed by atoms with E-state index >= 15 is 0 Å². The molecule has 1 saturated heterocycles. The Morgan fingerprint density at radius 2 is 1.83 bits per heavy atom. The quantitative estimate of drug-likeness (QED) is 0.455. The van der Waals surface area contributed by atoms with Gasteiger partial charge in [-0.05, 0) is 18.2 Å². The molecule has 2 aromatic rings. The third-order valence-electron chi connectivity index (χ3n) is 3.86. The summed E-state index contributed by atoms with van der Waals surface area (Å²) in [5.41, 5.74) is 0.321. The minimum absolute atomic E-state index is 0.344. The lowest BCUT2D eigenvalue weighted by atomic mass is 9.97. The third kappa shape index (κ3) is 3.07. The van der Waals surface area contributed by atoms with Crippen LogP contribution in [0.15, 0.2) is 39.5 Å². The van der Waals surface area contributed by atoms with Crippen LogP contribution in [0.4, 0.5) is 5.69 Å². The molecule has 1 aromatic heterocycles. The van der Waals surface area contributed by atoms with Gasteiger partial charge in [0.2, 0.25) is 0 Å². The summed E-state index contributed by atoms with van der Waals surface area (Å²) in [6.07, 6.45) is -5.19. The van der Waals surface area contributed by atoms with Gasteiger partial charge in [-0.2, -0.15) is 0 Å². The maximum Gasteiger partial charge on any atom is 0.336 e. The summed E-state index contributed by atoms with van der Waals surface area (Å²) in [5, 5.41) is 42.5. The van der Waals surface area contributed by atoms with Crippen molar-refractivity contribution in [3.05, 3.63) is 40.8 Å². The third-order valence-corrected chi connectivity index (χ3v) is 3.86. The molecule has 2 heterocycles. The standard InChI is InChI=1S/C15H17NO7/c17-6-10-13(19)14(20)12(15(21)23-10)16-8-3-1-7-2-4-11(18)22-9(7)5-8/h1-5,10,12-17,19-21H,6H2/t10?,12?,13-,14-,15?/m1/s1. The van der Waals surface area contributed by atoms with E-state index in [0.29, 0.717) is 11.3 Å². The Morgan fingerprint density at radius 3 is 2.57 bits per heavy atom. The van der Waals surface area contributed by atoms with Crippen molar-refractivity contribution in [1.29, 1.82) is 0 Å². The molecule has 0 amide bonds. The van der Waals surface area contributed by atoms with E-state index in [1.807, 2.05) is 0 Å². The molecule has 1 aliphatic heterocycles. The van der Waals surface area contributed by atoms with E-state index in [4.69, 9.17) is 14.3 Å². The van der Waals surface area contributed by atoms with Crippen molar-refractivity contribution < 1.29 is 29.6 Å². The smallest absolute Gasteiger partial charge is 0.336 e. The van der Waals surface area contributed by atoms with Crippen LogP contribution in [-0.4, -0.2) is 57.7 Å². The van der Waals surface area contributed by atoms with Crippen LogP contribution in [-0.2, 0) is 4.74 Å². The molecule has 0 spiro atoms. The Hall–Kier alpha value is -1.97. The molecule has 124 valence electrons. The molecule has 3 rings (SSSR count). The van der Waals surface area contributed by atoms with E-state index in [9.17, 15) is 20.1 Å². The molecule has 1 aliphatic rings. The zero-order valence-corrected chi connectivity index (χ0v) is 12.0. The summed E-state index contributed by atoms with van der Waals surface area (Å²) in [6, 6.07) is 6.83. The fourth-order valence-electron chi connectivity index (χ4n) is 2.60. The number of nitrogens with one attached hydrogen (secondary N) is 1. The molecule has 0 radical (unpaired) electrons. The Kier molecular flexibility index (Phi) is 4.33. The van der Waals surface area contributed by atoms with Gasteiger partial charge in [-0.15, -0.1) is 0 Å². The lowest BCUT2D eigenvalue weighted by Gasteiger charge is -2.40. The van der Waals surface area contributed by atoms with Crippen LogP contribution < -0.4 is 10.9 Å². The number of aliphatic hydroxyl groups is 4. The van der Waals surface area contributed by atoms with Crippen molar-refractivity contribution in [2.75, 3.05) is 11.9 Å². The van der Waals surface area contributed by atoms with Gasteiger partial charge in [0.25, 0.3) is 0 Å². The van der Waals surface area contributed by atoms with Crippen LogP contribution in [0.5, 0.6) is 0 Å². The molecule has 0 aliphatic carbocycles. The van der Waals surface area contributed by atoms with E-state index in [-0.39, 0.29) is 0 Å². The molecule has 23 heavy (non-hydrogen) atoms. The van der Waals surface area contributed by atoms with Crippen molar-refractivity contribution in [3.8, 4) is 0 Å². The van der Waals surface area contributed by atoms with Crippen molar-refractivity contribution >= 4 is 16.7 Å². The van der Waals surface area contributed by atoms with Gasteiger partial charge in [-0.25, -0.2) is 4.79 Å². The normalized spacial score (nSPS) is 31.2. The summed E-state index contributed by atoms with van der Waals surface area (Å²) < 4.78 is 10.1. The van der Waals surface area contributed by atoms with Crippen LogP contribution in [0.25, 0.3) is 11.0 Å². The summed E-state index contributed by atoms with van der Waals surface area (Å²) in [5.74, 6) is 0. The zero-order chi connectivity index (χ0) is 16.6. The van der Waals surface area contributed by atoms with Gasteiger partial charge in [0.1, 0.15) is 29.9 Å². The maximum atomic E-state index is 11.3. The Bertz CT molecular complexity index is 746. The molecule has 3 unspecified atom stereocenters. The predicted octanol–water partition coefficient (Wildman–Crippen LogP) is -0.995. The summed E-state index contributed by atoms with van der Waals surface area (Å²) in [4.78, 5) is 11.3. The number of hydrogen-bond donors (Lipinski definition) is 5. The van der Waals surface area contributed by atoms with Gasteiger partial charge in [0, 0.05) is 23.2 Å². The second-order valence-corrected chi connectivity index (χ2v) is 5.41. The van der Waals surface area contributed by atoms with Crippen LogP contribution in [0.1, 0.15) is 0 Å². The van der Waals surface area contributed by atoms with Gasteiger partial charge in [0.15, 0.2) is 6.29 Å². The SMILES string of the molecule is O=c1ccc2ccc(NC3C(O)OC(CO)[C@@H](O)[C@@H]3O)cc2o1. The average Bonchev–Trinajstić information content (AvgIpc) is 2.54. The van der Waals surface area contributed by atoms with Crippen LogP contribution in [0.3, 0.4) is 0 Å². The van der Waals surface area contributed by atoms with E-state index in [2.05, 4.69) is 5.32 Å². The van der Waals surface area contributed by atoms with Crippen molar-refractivity contribution in [1.82, 2.24) is 0 Å². The first-order valence-electron chi connectivity index (χ1n) is 7.10. The number of rotatable bonds is 3. The number of ether oxygens (including phenoxy) is 1. The number of anilines is 1. The molecule has 8 nitrogen and oxygen atoms in total. The number of fused-ring (bicyclic) bond motifs is 1. The Morgan fingerprint density at radius 1 is 1.09 bits per heavy atom. The lowest BCUT2D eigenvalue weighted by molar-refractivity contribution is -0.245. The van der Waals surface area contributed by atoms with Crippen LogP contribution in [0, 0.1) is 0 Å². The lowest BCUT2D eigenvalue weighted by Crippen LogP contribution is -2.61. The van der Waals surface area contributed by atoms with E-state index in [1.165, 1.54) is 6.07 Å². The summed E-state index contributed by atoms with van der Waals surface area (Å²) >= 11 is 0. The number of hydrogen-bond acceptors (Lipinski definition) is 8. The first-order valence-corrected chi connectivity index (χ1v) is 7.10. The Balaban J connectivity index is 1.84. The molecule has 1 aromatic carbocycles. The topological polar surface area (TPSA) is 132 Å². The van der Waals surface area contributed by atoms with E-state index in [1.54, 1.807) is 24.3 Å². The highest BCUT2D eigenvalue weighted by molar-refractivity contribution is 5.80. The molecule has 0 bridgehead atoms. The monoisotopic (exact) mass is 323 g/mol. The molecule has 5 N–H and O–H groups in total. The van der Waals surface area contributed by atoms with E-state index < -0.39 is 42.9 Å². The van der Waals surface area contributed by atoms with Gasteiger partial charge in [-0.3, -0.25) is 0 Å². The molecule has 8 heteroatoms. The highest BCUT2D eigenvalue weighted by Gasteiger charge is 2.43. The van der Waals surface area contributed by atoms with Gasteiger partial charge in [0.05, 0.1) is 6.61 Å². The fourth-order valence-corrected chi connectivity index (χ4v) is 2.60. The van der Waals surface area contributed by atoms with E-state index in [0.717, 1.165) is 5.39 Å². The highest BCUT2D eigenvalue weighted by atomic mass is 16.6. The molecule has 1 fully saturated rings. The highest BCUT2D eigenvalue weighted by Crippen LogP contribution is 2.24. The molecule has 5 atom stereocenters. The average molecular weight is 323 g/mol. The minimum atomic E-state index is -1.43. The first kappa shape index (κ1) is 15.9. The van der Waals surface area contributed by atoms with Crippen molar-refractivity contribution in [3.63, 3.8) is 0 Å². The predicted molar refractivity (Wildman–Crippen MR) is 79.9 cm³/mol. The molecule has 0 saturated carbocycles. The van der Waals surface area contributed by atoms with Crippen LogP contribution >= 0.6 is 0 Å². The molecular formula is C15H17NO7. The maximum absolute atomic E-state index is 11.3. The second kappa shape index (κ2) is 6.26. The number of aliphatic hydroxyl groups excluding tert-OH is 4. The van der Waals surface area contributed by atoms with Gasteiger partial charge < -0.3 is 34.9 Å². The van der Waals surface area contributed by atoms with Gasteiger partial charge in [-0.1, -0.05) is 0 Å². The van der Waals surface area contributed by atoms with Gasteiger partial charge >= 0.3 is 5.63 Å². The van der Waals surface area contributed by atoms with Crippen LogP contribution in [0.2, 0.25) is 0 Å². The first-order chi connectivity index (χ1) is 11.0. The van der Waals surface area contributed by atoms with Crippen molar-refractivity contribution in [2.45, 2.75) is 30.6 Å².